The number of carbonyl (C=O) groups is 2. The van der Waals surface area contributed by atoms with E-state index in [-0.39, 0.29) is 24.5 Å². The summed E-state index contributed by atoms with van der Waals surface area (Å²) in [5.74, 6) is -0.275. The van der Waals surface area contributed by atoms with Crippen LogP contribution >= 0.6 is 12.2 Å². The molecule has 3 rings (SSSR count). The van der Waals surface area contributed by atoms with E-state index in [1.807, 2.05) is 42.5 Å². The maximum atomic E-state index is 12.4. The molecule has 2 aromatic carbocycles. The average molecular weight is 396 g/mol. The molecule has 1 aliphatic rings. The van der Waals surface area contributed by atoms with Crippen molar-refractivity contribution in [3.8, 4) is 0 Å². The molecule has 3 N–H and O–H groups in total. The van der Waals surface area contributed by atoms with Crippen molar-refractivity contribution in [3.05, 3.63) is 70.8 Å². The molecule has 5 nitrogen and oxygen atoms in total. The molecule has 2 aromatic rings. The van der Waals surface area contributed by atoms with Crippen molar-refractivity contribution < 1.29 is 9.59 Å². The van der Waals surface area contributed by atoms with E-state index in [0.717, 1.165) is 18.4 Å². The van der Waals surface area contributed by atoms with Gasteiger partial charge in [-0.3, -0.25) is 20.4 Å². The number of carbonyl (C=O) groups excluding carboxylic acids is 2. The Balaban J connectivity index is 1.38. The van der Waals surface area contributed by atoms with Crippen molar-refractivity contribution in [2.45, 2.75) is 45.1 Å². The van der Waals surface area contributed by atoms with Crippen molar-refractivity contribution in [1.82, 2.24) is 16.2 Å². The first-order valence-electron chi connectivity index (χ1n) is 9.63. The molecular weight excluding hydrogens is 370 g/mol. The molecule has 0 heterocycles. The van der Waals surface area contributed by atoms with Crippen LogP contribution in [0, 0.1) is 0 Å². The summed E-state index contributed by atoms with van der Waals surface area (Å²) in [6, 6.07) is 15.8. The van der Waals surface area contributed by atoms with Gasteiger partial charge in [0.2, 0.25) is 5.91 Å². The van der Waals surface area contributed by atoms with Gasteiger partial charge in [-0.15, -0.1) is 0 Å². The number of benzene rings is 2. The molecule has 0 aliphatic heterocycles. The highest BCUT2D eigenvalue weighted by molar-refractivity contribution is 7.80. The van der Waals surface area contributed by atoms with Crippen LogP contribution in [-0.4, -0.2) is 16.8 Å². The molecule has 1 aliphatic carbocycles. The summed E-state index contributed by atoms with van der Waals surface area (Å²) in [7, 11) is 0. The van der Waals surface area contributed by atoms with E-state index in [0.29, 0.717) is 17.2 Å². The first-order valence-corrected chi connectivity index (χ1v) is 10.0. The van der Waals surface area contributed by atoms with Gasteiger partial charge in [0.15, 0.2) is 10.9 Å². The number of nitrogens with one attached hydrogen (secondary N) is 3. The number of hydrazine groups is 1. The Hall–Kier alpha value is -2.73. The van der Waals surface area contributed by atoms with Gasteiger partial charge < -0.3 is 5.32 Å². The molecule has 0 aromatic heterocycles. The molecule has 0 fully saturated rings. The van der Waals surface area contributed by atoms with Crippen LogP contribution in [0.1, 0.15) is 52.7 Å². The quantitative estimate of drug-likeness (QED) is 0.398. The lowest BCUT2D eigenvalue weighted by Gasteiger charge is -2.16. The number of amides is 1. The van der Waals surface area contributed by atoms with Crippen molar-refractivity contribution in [1.29, 1.82) is 0 Å². The highest BCUT2D eigenvalue weighted by Crippen LogP contribution is 2.22. The number of ketones is 1. The first-order chi connectivity index (χ1) is 13.6. The number of Topliss-reactive ketones (excluding diaryl/α,β-unsaturated/α-hetero) is 1. The number of thiocarbonyl (C=S) groups is 1. The van der Waals surface area contributed by atoms with Gasteiger partial charge in [-0.05, 0) is 60.7 Å². The maximum Gasteiger partial charge on any atom is 0.238 e. The first kappa shape index (κ1) is 20.0. The lowest BCUT2D eigenvalue weighted by atomic mass is 9.89. The third-order valence-corrected chi connectivity index (χ3v) is 5.11. The zero-order chi connectivity index (χ0) is 19.8. The summed E-state index contributed by atoms with van der Waals surface area (Å²) in [6.45, 7) is 0.569. The van der Waals surface area contributed by atoms with Gasteiger partial charge in [-0.2, -0.15) is 0 Å². The molecule has 6 heteroatoms. The number of rotatable bonds is 6. The van der Waals surface area contributed by atoms with Crippen LogP contribution in [0.2, 0.25) is 0 Å². The fraction of sp³-hybridized carbons (Fsp3) is 0.318. The zero-order valence-electron chi connectivity index (χ0n) is 15.8. The van der Waals surface area contributed by atoms with Gasteiger partial charge in [0, 0.05) is 24.9 Å². The summed E-state index contributed by atoms with van der Waals surface area (Å²) < 4.78 is 0. The van der Waals surface area contributed by atoms with Crippen LogP contribution in [0.3, 0.4) is 0 Å². The number of hydrogen-bond acceptors (Lipinski definition) is 3. The number of fused-ring (bicyclic) bond motifs is 1. The zero-order valence-corrected chi connectivity index (χ0v) is 16.6. The fourth-order valence-corrected chi connectivity index (χ4v) is 3.41. The highest BCUT2D eigenvalue weighted by atomic mass is 32.1. The topological polar surface area (TPSA) is 70.2 Å². The standard InChI is InChI=1S/C22H25N3O2S/c26-20(19-11-10-17-8-4-5-9-18(17)14-19)12-13-21(27)24-25-22(28)23-15-16-6-2-1-3-7-16/h1-3,6-7,10-11,14H,4-5,8-9,12-13,15H2,(H,24,27)(H2,23,25,28). The molecule has 0 spiro atoms. The van der Waals surface area contributed by atoms with E-state index in [2.05, 4.69) is 22.2 Å². The minimum Gasteiger partial charge on any atom is -0.357 e. The second-order valence-corrected chi connectivity index (χ2v) is 7.36. The predicted molar refractivity (Wildman–Crippen MR) is 114 cm³/mol. The predicted octanol–water partition coefficient (Wildman–Crippen LogP) is 3.22. The van der Waals surface area contributed by atoms with Crippen molar-refractivity contribution in [2.24, 2.45) is 0 Å². The van der Waals surface area contributed by atoms with E-state index < -0.39 is 0 Å². The Kier molecular flexibility index (Phi) is 7.14. The molecule has 0 bridgehead atoms. The van der Waals surface area contributed by atoms with Gasteiger partial charge in [0.25, 0.3) is 0 Å². The van der Waals surface area contributed by atoms with Crippen LogP contribution in [0.4, 0.5) is 0 Å². The summed E-state index contributed by atoms with van der Waals surface area (Å²) in [6.07, 6.45) is 4.82. The Morgan fingerprint density at radius 2 is 1.64 bits per heavy atom. The molecule has 0 atom stereocenters. The lowest BCUT2D eigenvalue weighted by molar-refractivity contribution is -0.121. The Bertz CT molecular complexity index is 852. The van der Waals surface area contributed by atoms with Crippen LogP contribution < -0.4 is 16.2 Å². The Morgan fingerprint density at radius 1 is 0.893 bits per heavy atom. The second-order valence-electron chi connectivity index (χ2n) is 6.96. The van der Waals surface area contributed by atoms with E-state index in [1.54, 1.807) is 0 Å². The molecule has 0 saturated heterocycles. The third kappa shape index (κ3) is 5.89. The summed E-state index contributed by atoms with van der Waals surface area (Å²) in [5.41, 5.74) is 9.61. The average Bonchev–Trinajstić information content (AvgIpc) is 2.75. The van der Waals surface area contributed by atoms with E-state index >= 15 is 0 Å². The maximum absolute atomic E-state index is 12.4. The third-order valence-electron chi connectivity index (χ3n) is 4.86. The number of hydrogen-bond donors (Lipinski definition) is 3. The lowest BCUT2D eigenvalue weighted by Crippen LogP contribution is -2.46. The van der Waals surface area contributed by atoms with Crippen LogP contribution in [0.25, 0.3) is 0 Å². The molecule has 0 radical (unpaired) electrons. The van der Waals surface area contributed by atoms with Crippen molar-refractivity contribution in [2.75, 3.05) is 0 Å². The van der Waals surface area contributed by atoms with E-state index in [9.17, 15) is 9.59 Å². The van der Waals surface area contributed by atoms with Gasteiger partial charge >= 0.3 is 0 Å². The van der Waals surface area contributed by atoms with E-state index in [4.69, 9.17) is 12.2 Å². The minimum absolute atomic E-state index is 0.00620. The molecule has 0 saturated carbocycles. The number of aryl methyl sites for hydroxylation is 2. The van der Waals surface area contributed by atoms with Gasteiger partial charge in [0.1, 0.15) is 0 Å². The van der Waals surface area contributed by atoms with Gasteiger partial charge in [0.05, 0.1) is 0 Å². The van der Waals surface area contributed by atoms with Crippen LogP contribution in [-0.2, 0) is 24.2 Å². The summed E-state index contributed by atoms with van der Waals surface area (Å²) in [4.78, 5) is 24.4. The smallest absolute Gasteiger partial charge is 0.238 e. The molecule has 146 valence electrons. The monoisotopic (exact) mass is 395 g/mol. The van der Waals surface area contributed by atoms with Gasteiger partial charge in [-0.1, -0.05) is 42.5 Å². The van der Waals surface area contributed by atoms with Crippen molar-refractivity contribution >= 4 is 29.0 Å². The Labute approximate surface area is 170 Å². The molecule has 28 heavy (non-hydrogen) atoms. The Morgan fingerprint density at radius 3 is 2.43 bits per heavy atom. The van der Waals surface area contributed by atoms with Gasteiger partial charge in [-0.25, -0.2) is 0 Å². The van der Waals surface area contributed by atoms with E-state index in [1.165, 1.54) is 24.0 Å². The largest absolute Gasteiger partial charge is 0.357 e. The normalized spacial score (nSPS) is 12.6. The molecule has 0 unspecified atom stereocenters. The summed E-state index contributed by atoms with van der Waals surface area (Å²) in [5, 5.41) is 3.34. The summed E-state index contributed by atoms with van der Waals surface area (Å²) >= 11 is 5.14. The minimum atomic E-state index is -0.268. The highest BCUT2D eigenvalue weighted by Gasteiger charge is 2.14. The van der Waals surface area contributed by atoms with Crippen LogP contribution in [0.5, 0.6) is 0 Å². The molecular formula is C22H25N3O2S. The SMILES string of the molecule is O=C(CCC(=O)c1ccc2c(c1)CCCC2)NNC(=S)NCc1ccccc1. The second kappa shape index (κ2) is 9.99. The fourth-order valence-electron chi connectivity index (χ4n) is 3.29. The van der Waals surface area contributed by atoms with Crippen molar-refractivity contribution in [3.63, 3.8) is 0 Å². The molecule has 1 amide bonds. The van der Waals surface area contributed by atoms with Crippen LogP contribution in [0.15, 0.2) is 48.5 Å².